The van der Waals surface area contributed by atoms with E-state index in [9.17, 15) is 0 Å². The van der Waals surface area contributed by atoms with Gasteiger partial charge in [-0.3, -0.25) is 9.67 Å². The first-order valence-electron chi connectivity index (χ1n) is 8.78. The van der Waals surface area contributed by atoms with Gasteiger partial charge >= 0.3 is 0 Å². The van der Waals surface area contributed by atoms with E-state index in [-0.39, 0.29) is 6.04 Å². The van der Waals surface area contributed by atoms with Gasteiger partial charge in [0.15, 0.2) is 0 Å². The van der Waals surface area contributed by atoms with Crippen LogP contribution in [0.5, 0.6) is 5.75 Å². The zero-order chi connectivity index (χ0) is 19.4. The molecule has 0 bridgehead atoms. The first-order chi connectivity index (χ1) is 13.1. The molecule has 0 saturated carbocycles. The number of hydrogen-bond acceptors (Lipinski definition) is 5. The van der Waals surface area contributed by atoms with Gasteiger partial charge in [-0.15, -0.1) is 11.8 Å². The van der Waals surface area contributed by atoms with E-state index in [1.165, 1.54) is 4.90 Å². The van der Waals surface area contributed by atoms with Crippen LogP contribution < -0.4 is 4.74 Å². The van der Waals surface area contributed by atoms with Crippen LogP contribution in [0, 0.1) is 13.8 Å². The zero-order valence-electron chi connectivity index (χ0n) is 16.4. The Morgan fingerprint density at radius 2 is 1.93 bits per heavy atom. The zero-order valence-corrected chi connectivity index (χ0v) is 18.0. The second-order valence-corrected chi connectivity index (χ2v) is 8.10. The van der Waals surface area contributed by atoms with Crippen LogP contribution in [0.2, 0.25) is 0 Å². The number of aromatic nitrogens is 3. The Hall–Kier alpha value is -1.92. The number of methoxy groups -OCH3 is 1. The van der Waals surface area contributed by atoms with Crippen LogP contribution in [-0.2, 0) is 0 Å². The Morgan fingerprint density at radius 1 is 1.15 bits per heavy atom. The molecule has 2 aromatic heterocycles. The minimum Gasteiger partial charge on any atom is -0.496 e. The van der Waals surface area contributed by atoms with Crippen LogP contribution in [0.15, 0.2) is 47.6 Å². The molecule has 1 aromatic carbocycles. The number of thioether (sulfide) groups is 2. The van der Waals surface area contributed by atoms with E-state index < -0.39 is 0 Å². The fraction of sp³-hybridized carbons (Fsp3) is 0.333. The van der Waals surface area contributed by atoms with Crippen LogP contribution >= 0.6 is 23.5 Å². The molecule has 0 spiro atoms. The molecule has 27 heavy (non-hydrogen) atoms. The van der Waals surface area contributed by atoms with Crippen molar-refractivity contribution in [3.8, 4) is 17.0 Å². The predicted octanol–water partition coefficient (Wildman–Crippen LogP) is 5.24. The average molecular weight is 400 g/mol. The van der Waals surface area contributed by atoms with Gasteiger partial charge in [0, 0.05) is 39.7 Å². The number of hydrogen-bond donors (Lipinski definition) is 0. The largest absolute Gasteiger partial charge is 0.496 e. The number of nitrogens with zero attached hydrogens (tertiary/aromatic N) is 3. The molecule has 0 N–H and O–H groups in total. The molecule has 0 fully saturated rings. The monoisotopic (exact) mass is 399 g/mol. The van der Waals surface area contributed by atoms with Crippen molar-refractivity contribution >= 4 is 23.5 Å². The molecule has 0 radical (unpaired) electrons. The third-order valence-corrected chi connectivity index (χ3v) is 6.08. The molecule has 1 atom stereocenters. The van der Waals surface area contributed by atoms with Crippen molar-refractivity contribution < 1.29 is 4.74 Å². The minimum absolute atomic E-state index is 0.0599. The quantitative estimate of drug-likeness (QED) is 0.508. The van der Waals surface area contributed by atoms with E-state index in [0.29, 0.717) is 0 Å². The molecule has 142 valence electrons. The maximum Gasteiger partial charge on any atom is 0.128 e. The van der Waals surface area contributed by atoms with Crippen LogP contribution in [0.25, 0.3) is 11.3 Å². The fourth-order valence-corrected chi connectivity index (χ4v) is 4.57. The summed E-state index contributed by atoms with van der Waals surface area (Å²) in [6, 6.07) is 10.5. The molecule has 4 nitrogen and oxygen atoms in total. The van der Waals surface area contributed by atoms with Crippen molar-refractivity contribution in [2.24, 2.45) is 0 Å². The first-order valence-corrected chi connectivity index (χ1v) is 11.4. The highest BCUT2D eigenvalue weighted by molar-refractivity contribution is 7.98. The van der Waals surface area contributed by atoms with Gasteiger partial charge in [-0.25, -0.2) is 0 Å². The highest BCUT2D eigenvalue weighted by Gasteiger charge is 2.22. The summed E-state index contributed by atoms with van der Waals surface area (Å²) in [5.41, 5.74) is 5.30. The minimum atomic E-state index is 0.0599. The number of aryl methyl sites for hydroxylation is 1. The Balaban J connectivity index is 2.04. The fourth-order valence-electron chi connectivity index (χ4n) is 3.33. The molecule has 0 aliphatic carbocycles. The number of ether oxygens (including phenoxy) is 1. The SMILES string of the molecule is COc1c(C)cnc(C(CSC)n2ccc(-c3ccccc3SC)n2)c1C. The maximum atomic E-state index is 5.61. The van der Waals surface area contributed by atoms with Crippen molar-refractivity contribution in [1.82, 2.24) is 14.8 Å². The second kappa shape index (κ2) is 8.85. The Morgan fingerprint density at radius 3 is 2.63 bits per heavy atom. The molecule has 0 aliphatic rings. The first kappa shape index (κ1) is 19.8. The summed E-state index contributed by atoms with van der Waals surface area (Å²) < 4.78 is 7.64. The third kappa shape index (κ3) is 4.01. The number of pyridine rings is 1. The molecule has 2 heterocycles. The van der Waals surface area contributed by atoms with Crippen molar-refractivity contribution in [1.29, 1.82) is 0 Å². The summed E-state index contributed by atoms with van der Waals surface area (Å²) in [5, 5.41) is 4.91. The molecule has 6 heteroatoms. The van der Waals surface area contributed by atoms with Gasteiger partial charge in [-0.1, -0.05) is 18.2 Å². The van der Waals surface area contributed by atoms with Crippen LogP contribution in [0.3, 0.4) is 0 Å². The van der Waals surface area contributed by atoms with Gasteiger partial charge in [0.1, 0.15) is 11.8 Å². The lowest BCUT2D eigenvalue weighted by Crippen LogP contribution is -2.17. The van der Waals surface area contributed by atoms with Crippen LogP contribution in [-0.4, -0.2) is 40.1 Å². The molecular formula is C21H25N3OS2. The predicted molar refractivity (Wildman–Crippen MR) is 116 cm³/mol. The van der Waals surface area contributed by atoms with E-state index >= 15 is 0 Å². The van der Waals surface area contributed by atoms with E-state index in [1.54, 1.807) is 30.6 Å². The molecule has 1 unspecified atom stereocenters. The lowest BCUT2D eigenvalue weighted by Gasteiger charge is -2.20. The van der Waals surface area contributed by atoms with Gasteiger partial charge in [-0.05, 0) is 38.5 Å². The van der Waals surface area contributed by atoms with E-state index in [2.05, 4.69) is 56.0 Å². The summed E-state index contributed by atoms with van der Waals surface area (Å²) in [6.07, 6.45) is 8.15. The van der Waals surface area contributed by atoms with Crippen LogP contribution in [0.4, 0.5) is 0 Å². The summed E-state index contributed by atoms with van der Waals surface area (Å²) in [6.45, 7) is 4.10. The molecular weight excluding hydrogens is 374 g/mol. The molecule has 0 saturated heterocycles. The number of benzene rings is 1. The lowest BCUT2D eigenvalue weighted by molar-refractivity contribution is 0.405. The van der Waals surface area contributed by atoms with Crippen molar-refractivity contribution in [2.45, 2.75) is 24.8 Å². The lowest BCUT2D eigenvalue weighted by atomic mass is 10.1. The molecule has 0 amide bonds. The molecule has 3 rings (SSSR count). The third-order valence-electron chi connectivity index (χ3n) is 4.64. The number of rotatable bonds is 7. The highest BCUT2D eigenvalue weighted by atomic mass is 32.2. The van der Waals surface area contributed by atoms with Crippen molar-refractivity contribution in [2.75, 3.05) is 25.4 Å². The van der Waals surface area contributed by atoms with E-state index in [4.69, 9.17) is 14.8 Å². The Kier molecular flexibility index (Phi) is 6.50. The van der Waals surface area contributed by atoms with Crippen LogP contribution in [0.1, 0.15) is 22.9 Å². The summed E-state index contributed by atoms with van der Waals surface area (Å²) in [5.74, 6) is 1.80. The van der Waals surface area contributed by atoms with Crippen molar-refractivity contribution in [3.63, 3.8) is 0 Å². The van der Waals surface area contributed by atoms with Gasteiger partial charge < -0.3 is 4.74 Å². The average Bonchev–Trinajstić information content (AvgIpc) is 3.17. The summed E-state index contributed by atoms with van der Waals surface area (Å²) >= 11 is 3.53. The normalized spacial score (nSPS) is 12.2. The second-order valence-electron chi connectivity index (χ2n) is 6.34. The summed E-state index contributed by atoms with van der Waals surface area (Å²) in [7, 11) is 1.72. The Labute approximate surface area is 169 Å². The van der Waals surface area contributed by atoms with E-state index in [1.807, 2.05) is 17.8 Å². The maximum absolute atomic E-state index is 5.61. The van der Waals surface area contributed by atoms with Crippen molar-refractivity contribution in [3.05, 3.63) is 59.5 Å². The Bertz CT molecular complexity index is 924. The van der Waals surface area contributed by atoms with Gasteiger partial charge in [0.2, 0.25) is 0 Å². The molecule has 0 aliphatic heterocycles. The molecule has 3 aromatic rings. The topological polar surface area (TPSA) is 39.9 Å². The standard InChI is InChI=1S/C21H25N3OS2/c1-14-12-22-20(15(2)21(14)25-3)18(13-26-4)24-11-10-17(23-24)16-8-6-7-9-19(16)27-5/h6-12,18H,13H2,1-5H3. The van der Waals surface area contributed by atoms with Gasteiger partial charge in [0.25, 0.3) is 0 Å². The van der Waals surface area contributed by atoms with E-state index in [0.717, 1.165) is 39.6 Å². The smallest absolute Gasteiger partial charge is 0.128 e. The van der Waals surface area contributed by atoms with Gasteiger partial charge in [-0.2, -0.15) is 16.9 Å². The summed E-state index contributed by atoms with van der Waals surface area (Å²) in [4.78, 5) is 5.97. The highest BCUT2D eigenvalue weighted by Crippen LogP contribution is 2.33. The van der Waals surface area contributed by atoms with Gasteiger partial charge in [0.05, 0.1) is 18.5 Å².